The molecule has 0 saturated heterocycles. The SMILES string of the molecule is NSc1ccc(CCNc2nccn3c(-c4ccc(C(=O)NC5CC5)cc4)cnc23)cc1. The zero-order chi connectivity index (χ0) is 21.9. The molecule has 4 N–H and O–H groups in total. The van der Waals surface area contributed by atoms with Crippen molar-refractivity contribution in [3.8, 4) is 11.3 Å². The van der Waals surface area contributed by atoms with E-state index in [9.17, 15) is 4.79 Å². The molecule has 2 aromatic carbocycles. The summed E-state index contributed by atoms with van der Waals surface area (Å²) in [5.74, 6) is 0.734. The van der Waals surface area contributed by atoms with E-state index in [1.165, 1.54) is 17.5 Å². The van der Waals surface area contributed by atoms with E-state index in [-0.39, 0.29) is 5.91 Å². The van der Waals surface area contributed by atoms with E-state index in [2.05, 4.69) is 32.7 Å². The molecule has 2 aromatic heterocycles. The van der Waals surface area contributed by atoms with Gasteiger partial charge in [-0.15, -0.1) is 0 Å². The number of hydrogen-bond donors (Lipinski definition) is 3. The normalized spacial score (nSPS) is 13.3. The first-order valence-corrected chi connectivity index (χ1v) is 11.5. The fraction of sp³-hybridized carbons (Fsp3) is 0.208. The Morgan fingerprint density at radius 2 is 1.88 bits per heavy atom. The van der Waals surface area contributed by atoms with Gasteiger partial charge in [-0.3, -0.25) is 14.3 Å². The lowest BCUT2D eigenvalue weighted by molar-refractivity contribution is 0.0951. The Kier molecular flexibility index (Phi) is 5.79. The van der Waals surface area contributed by atoms with Crippen LogP contribution in [-0.2, 0) is 6.42 Å². The van der Waals surface area contributed by atoms with Gasteiger partial charge >= 0.3 is 0 Å². The predicted molar refractivity (Wildman–Crippen MR) is 128 cm³/mol. The molecule has 162 valence electrons. The summed E-state index contributed by atoms with van der Waals surface area (Å²) in [6, 6.07) is 16.2. The number of fused-ring (bicyclic) bond motifs is 1. The lowest BCUT2D eigenvalue weighted by Crippen LogP contribution is -2.25. The van der Waals surface area contributed by atoms with Gasteiger partial charge in [0.2, 0.25) is 0 Å². The van der Waals surface area contributed by atoms with E-state index in [1.807, 2.05) is 53.2 Å². The second-order valence-corrected chi connectivity index (χ2v) is 8.58. The first-order chi connectivity index (χ1) is 15.7. The van der Waals surface area contributed by atoms with E-state index in [4.69, 9.17) is 5.14 Å². The molecule has 4 aromatic rings. The molecule has 0 aliphatic heterocycles. The Bertz CT molecular complexity index is 1230. The molecule has 1 saturated carbocycles. The number of imidazole rings is 1. The summed E-state index contributed by atoms with van der Waals surface area (Å²) < 4.78 is 2.02. The summed E-state index contributed by atoms with van der Waals surface area (Å²) in [4.78, 5) is 22.4. The number of rotatable bonds is 8. The van der Waals surface area contributed by atoms with Crippen molar-refractivity contribution in [2.45, 2.75) is 30.2 Å². The molecule has 32 heavy (non-hydrogen) atoms. The Hall–Kier alpha value is -3.36. The van der Waals surface area contributed by atoms with E-state index in [1.54, 1.807) is 6.20 Å². The van der Waals surface area contributed by atoms with E-state index < -0.39 is 0 Å². The summed E-state index contributed by atoms with van der Waals surface area (Å²) in [5.41, 5.74) is 4.63. The number of anilines is 1. The maximum Gasteiger partial charge on any atom is 0.251 e. The Morgan fingerprint density at radius 3 is 2.59 bits per heavy atom. The van der Waals surface area contributed by atoms with Gasteiger partial charge in [0.25, 0.3) is 5.91 Å². The highest BCUT2D eigenvalue weighted by Gasteiger charge is 2.23. The standard InChI is InChI=1S/C24H24N6OS/c25-32-20-9-1-16(2-10-20)11-12-26-22-23-28-15-21(30(23)14-13-27-22)17-3-5-18(6-4-17)24(31)29-19-7-8-19/h1-6,9-10,13-15,19H,7-8,11-12,25H2,(H,26,27)(H,29,31). The van der Waals surface area contributed by atoms with Crippen LogP contribution in [0.2, 0.25) is 0 Å². The van der Waals surface area contributed by atoms with Gasteiger partial charge < -0.3 is 10.6 Å². The minimum atomic E-state index is -0.00991. The molecule has 1 fully saturated rings. The van der Waals surface area contributed by atoms with Gasteiger partial charge in [-0.1, -0.05) is 24.3 Å². The number of nitrogens with one attached hydrogen (secondary N) is 2. The number of hydrogen-bond acceptors (Lipinski definition) is 6. The molecule has 8 heteroatoms. The molecule has 0 atom stereocenters. The third-order valence-electron chi connectivity index (χ3n) is 5.55. The van der Waals surface area contributed by atoms with Crippen LogP contribution >= 0.6 is 11.9 Å². The highest BCUT2D eigenvalue weighted by Crippen LogP contribution is 2.24. The highest BCUT2D eigenvalue weighted by molar-refractivity contribution is 7.97. The van der Waals surface area contributed by atoms with Crippen LogP contribution in [-0.4, -0.2) is 32.9 Å². The first-order valence-electron chi connectivity index (χ1n) is 10.6. The van der Waals surface area contributed by atoms with Crippen LogP contribution < -0.4 is 15.8 Å². The summed E-state index contributed by atoms with van der Waals surface area (Å²) >= 11 is 1.25. The lowest BCUT2D eigenvalue weighted by Gasteiger charge is -2.09. The molecular weight excluding hydrogens is 420 g/mol. The molecule has 0 bridgehead atoms. The van der Waals surface area contributed by atoms with Crippen molar-refractivity contribution in [1.29, 1.82) is 0 Å². The van der Waals surface area contributed by atoms with Crippen LogP contribution in [0, 0.1) is 0 Å². The van der Waals surface area contributed by atoms with Gasteiger partial charge in [-0.2, -0.15) is 0 Å². The van der Waals surface area contributed by atoms with E-state index >= 15 is 0 Å². The third-order valence-corrected chi connectivity index (χ3v) is 6.09. The number of nitrogens with two attached hydrogens (primary N) is 1. The number of nitrogens with zero attached hydrogens (tertiary/aromatic N) is 3. The smallest absolute Gasteiger partial charge is 0.251 e. The summed E-state index contributed by atoms with van der Waals surface area (Å²) in [5, 5.41) is 12.0. The van der Waals surface area contributed by atoms with Gasteiger partial charge in [0.15, 0.2) is 11.5 Å². The summed E-state index contributed by atoms with van der Waals surface area (Å²) in [6.07, 6.45) is 8.54. The minimum absolute atomic E-state index is 0.00991. The van der Waals surface area contributed by atoms with Crippen LogP contribution in [0.5, 0.6) is 0 Å². The molecular formula is C24H24N6OS. The van der Waals surface area contributed by atoms with E-state index in [0.717, 1.165) is 53.4 Å². The van der Waals surface area contributed by atoms with Gasteiger partial charge in [0.05, 0.1) is 11.9 Å². The van der Waals surface area contributed by atoms with Crippen LogP contribution in [0.1, 0.15) is 28.8 Å². The Balaban J connectivity index is 1.29. The monoisotopic (exact) mass is 444 g/mol. The van der Waals surface area contributed by atoms with Crippen molar-refractivity contribution < 1.29 is 4.79 Å². The molecule has 0 radical (unpaired) electrons. The van der Waals surface area contributed by atoms with Crippen molar-refractivity contribution in [2.24, 2.45) is 5.14 Å². The van der Waals surface area contributed by atoms with Crippen LogP contribution in [0.4, 0.5) is 5.82 Å². The molecule has 1 amide bonds. The molecule has 0 spiro atoms. The second-order valence-electron chi connectivity index (χ2n) is 7.88. The van der Waals surface area contributed by atoms with Crippen LogP contribution in [0.25, 0.3) is 16.9 Å². The fourth-order valence-corrected chi connectivity index (χ4v) is 3.90. The van der Waals surface area contributed by atoms with Crippen molar-refractivity contribution in [1.82, 2.24) is 19.7 Å². The van der Waals surface area contributed by atoms with Gasteiger partial charge in [0, 0.05) is 41.0 Å². The lowest BCUT2D eigenvalue weighted by atomic mass is 10.1. The highest BCUT2D eigenvalue weighted by atomic mass is 32.2. The van der Waals surface area contributed by atoms with Crippen molar-refractivity contribution in [3.63, 3.8) is 0 Å². The van der Waals surface area contributed by atoms with Crippen molar-refractivity contribution in [3.05, 3.63) is 78.2 Å². The first kappa shape index (κ1) is 20.5. The van der Waals surface area contributed by atoms with E-state index in [0.29, 0.717) is 11.6 Å². The maximum atomic E-state index is 12.2. The van der Waals surface area contributed by atoms with Gasteiger partial charge in [0.1, 0.15) is 0 Å². The molecule has 1 aliphatic rings. The largest absolute Gasteiger partial charge is 0.367 e. The number of amides is 1. The molecule has 5 rings (SSSR count). The number of benzene rings is 2. The topological polar surface area (TPSA) is 97.3 Å². The zero-order valence-corrected chi connectivity index (χ0v) is 18.3. The summed E-state index contributed by atoms with van der Waals surface area (Å²) in [7, 11) is 0. The predicted octanol–water partition coefficient (Wildman–Crippen LogP) is 3.91. The average Bonchev–Trinajstić information content (AvgIpc) is 3.54. The van der Waals surface area contributed by atoms with Gasteiger partial charge in [-0.25, -0.2) is 9.97 Å². The third kappa shape index (κ3) is 4.46. The average molecular weight is 445 g/mol. The minimum Gasteiger partial charge on any atom is -0.367 e. The Labute approximate surface area is 190 Å². The molecule has 0 unspecified atom stereocenters. The summed E-state index contributed by atoms with van der Waals surface area (Å²) in [6.45, 7) is 0.745. The number of aromatic nitrogens is 3. The molecule has 2 heterocycles. The quantitative estimate of drug-likeness (QED) is 0.357. The number of carbonyl (C=O) groups is 1. The van der Waals surface area contributed by atoms with Gasteiger partial charge in [-0.05, 0) is 61.0 Å². The van der Waals surface area contributed by atoms with Crippen LogP contribution in [0.3, 0.4) is 0 Å². The number of carbonyl (C=O) groups excluding carboxylic acids is 1. The second kappa shape index (κ2) is 9.02. The maximum absolute atomic E-state index is 12.2. The molecule has 1 aliphatic carbocycles. The van der Waals surface area contributed by atoms with Crippen molar-refractivity contribution >= 4 is 29.3 Å². The fourth-order valence-electron chi connectivity index (χ4n) is 3.61. The van der Waals surface area contributed by atoms with Crippen molar-refractivity contribution in [2.75, 3.05) is 11.9 Å². The van der Waals surface area contributed by atoms with Crippen LogP contribution in [0.15, 0.2) is 72.0 Å². The molecule has 7 nitrogen and oxygen atoms in total. The zero-order valence-electron chi connectivity index (χ0n) is 17.5. The Morgan fingerprint density at radius 1 is 1.09 bits per heavy atom.